The molecule has 0 rings (SSSR count). The smallest absolute Gasteiger partial charge is 0.321 e. The second kappa shape index (κ2) is 7.76. The van der Waals surface area contributed by atoms with E-state index in [1.807, 2.05) is 0 Å². The highest BCUT2D eigenvalue weighted by molar-refractivity contribution is 5.73. The van der Waals surface area contributed by atoms with E-state index in [1.165, 1.54) is 19.3 Å². The SMILES string of the molecule is CCCCCC(C)NCC(N)C(=O)O. The van der Waals surface area contributed by atoms with E-state index < -0.39 is 12.0 Å². The van der Waals surface area contributed by atoms with E-state index in [0.717, 1.165) is 6.42 Å². The van der Waals surface area contributed by atoms with Gasteiger partial charge in [0.1, 0.15) is 6.04 Å². The van der Waals surface area contributed by atoms with E-state index in [4.69, 9.17) is 10.8 Å². The molecule has 0 spiro atoms. The molecule has 0 fully saturated rings. The molecule has 0 radical (unpaired) electrons. The van der Waals surface area contributed by atoms with Crippen LogP contribution in [-0.2, 0) is 4.79 Å². The number of carboxylic acids is 1. The molecule has 0 heterocycles. The molecule has 0 aromatic heterocycles. The Kier molecular flexibility index (Phi) is 7.42. The normalized spacial score (nSPS) is 15.1. The Morgan fingerprint density at radius 1 is 1.50 bits per heavy atom. The number of nitrogens with two attached hydrogens (primary N) is 1. The van der Waals surface area contributed by atoms with Gasteiger partial charge in [-0.05, 0) is 13.3 Å². The van der Waals surface area contributed by atoms with Crippen molar-refractivity contribution in [2.45, 2.75) is 51.6 Å². The van der Waals surface area contributed by atoms with Gasteiger partial charge < -0.3 is 16.2 Å². The van der Waals surface area contributed by atoms with E-state index in [-0.39, 0.29) is 0 Å². The predicted octanol–water partition coefficient (Wildman–Crippen LogP) is 0.957. The van der Waals surface area contributed by atoms with E-state index in [9.17, 15) is 4.79 Å². The Balaban J connectivity index is 3.43. The molecule has 0 amide bonds. The summed E-state index contributed by atoms with van der Waals surface area (Å²) in [5.41, 5.74) is 5.36. The topological polar surface area (TPSA) is 75.3 Å². The van der Waals surface area contributed by atoms with E-state index in [2.05, 4.69) is 19.2 Å². The zero-order chi connectivity index (χ0) is 11.0. The molecule has 84 valence electrons. The fourth-order valence-electron chi connectivity index (χ4n) is 1.22. The van der Waals surface area contributed by atoms with E-state index in [0.29, 0.717) is 12.6 Å². The highest BCUT2D eigenvalue weighted by Crippen LogP contribution is 2.02. The summed E-state index contributed by atoms with van der Waals surface area (Å²) in [5, 5.41) is 11.7. The number of hydrogen-bond donors (Lipinski definition) is 3. The first kappa shape index (κ1) is 13.4. The molecule has 4 N–H and O–H groups in total. The van der Waals surface area contributed by atoms with E-state index >= 15 is 0 Å². The van der Waals surface area contributed by atoms with Gasteiger partial charge in [0.25, 0.3) is 0 Å². The van der Waals surface area contributed by atoms with Gasteiger partial charge in [-0.3, -0.25) is 4.79 Å². The summed E-state index contributed by atoms with van der Waals surface area (Å²) in [7, 11) is 0. The van der Waals surface area contributed by atoms with Crippen molar-refractivity contribution in [3.8, 4) is 0 Å². The Hall–Kier alpha value is -0.610. The van der Waals surface area contributed by atoms with Crippen molar-refractivity contribution in [3.05, 3.63) is 0 Å². The molecule has 0 aliphatic heterocycles. The number of aliphatic carboxylic acids is 1. The quantitative estimate of drug-likeness (QED) is 0.512. The predicted molar refractivity (Wildman–Crippen MR) is 57.2 cm³/mol. The second-order valence-corrected chi connectivity index (χ2v) is 3.75. The number of carboxylic acid groups (broad SMARTS) is 1. The Morgan fingerprint density at radius 2 is 2.14 bits per heavy atom. The summed E-state index contributed by atoms with van der Waals surface area (Å²) in [6.07, 6.45) is 4.71. The molecule has 0 saturated carbocycles. The van der Waals surface area contributed by atoms with Crippen LogP contribution >= 0.6 is 0 Å². The first-order valence-corrected chi connectivity index (χ1v) is 5.29. The van der Waals surface area contributed by atoms with Crippen molar-refractivity contribution >= 4 is 5.97 Å². The van der Waals surface area contributed by atoms with Crippen LogP contribution in [0.15, 0.2) is 0 Å². The zero-order valence-corrected chi connectivity index (χ0v) is 9.12. The lowest BCUT2D eigenvalue weighted by Gasteiger charge is -2.15. The van der Waals surface area contributed by atoms with Gasteiger partial charge in [0.15, 0.2) is 0 Å². The fraction of sp³-hybridized carbons (Fsp3) is 0.900. The number of carbonyl (C=O) groups is 1. The van der Waals surface area contributed by atoms with Crippen LogP contribution in [0.3, 0.4) is 0 Å². The maximum atomic E-state index is 10.4. The van der Waals surface area contributed by atoms with Crippen LogP contribution < -0.4 is 11.1 Å². The molecule has 2 unspecified atom stereocenters. The van der Waals surface area contributed by atoms with Gasteiger partial charge in [0.2, 0.25) is 0 Å². The van der Waals surface area contributed by atoms with Crippen molar-refractivity contribution in [1.29, 1.82) is 0 Å². The van der Waals surface area contributed by atoms with Crippen LogP contribution in [0.4, 0.5) is 0 Å². The van der Waals surface area contributed by atoms with Gasteiger partial charge in [-0.25, -0.2) is 0 Å². The lowest BCUT2D eigenvalue weighted by Crippen LogP contribution is -2.43. The molecule has 0 bridgehead atoms. The van der Waals surface area contributed by atoms with Gasteiger partial charge in [0.05, 0.1) is 0 Å². The average molecular weight is 202 g/mol. The minimum atomic E-state index is -0.946. The summed E-state index contributed by atoms with van der Waals surface area (Å²) in [6.45, 7) is 4.57. The van der Waals surface area contributed by atoms with Gasteiger partial charge in [-0.15, -0.1) is 0 Å². The summed E-state index contributed by atoms with van der Waals surface area (Å²) in [6, 6.07) is -0.435. The molecule has 4 heteroatoms. The second-order valence-electron chi connectivity index (χ2n) is 3.75. The van der Waals surface area contributed by atoms with Crippen molar-refractivity contribution in [1.82, 2.24) is 5.32 Å². The summed E-state index contributed by atoms with van der Waals surface area (Å²) < 4.78 is 0. The lowest BCUT2D eigenvalue weighted by molar-refractivity contribution is -0.138. The van der Waals surface area contributed by atoms with Crippen molar-refractivity contribution in [3.63, 3.8) is 0 Å². The summed E-state index contributed by atoms with van der Waals surface area (Å²) in [5.74, 6) is -0.946. The summed E-state index contributed by atoms with van der Waals surface area (Å²) in [4.78, 5) is 10.4. The third-order valence-electron chi connectivity index (χ3n) is 2.24. The number of unbranched alkanes of at least 4 members (excludes halogenated alkanes) is 2. The first-order chi connectivity index (χ1) is 6.57. The van der Waals surface area contributed by atoms with Crippen molar-refractivity contribution in [2.24, 2.45) is 5.73 Å². The highest BCUT2D eigenvalue weighted by Gasteiger charge is 2.11. The van der Waals surface area contributed by atoms with Crippen LogP contribution in [0.5, 0.6) is 0 Å². The van der Waals surface area contributed by atoms with Gasteiger partial charge in [-0.1, -0.05) is 26.2 Å². The Labute approximate surface area is 85.9 Å². The number of rotatable bonds is 8. The van der Waals surface area contributed by atoms with Gasteiger partial charge in [-0.2, -0.15) is 0 Å². The molecule has 0 aliphatic carbocycles. The molecular weight excluding hydrogens is 180 g/mol. The van der Waals surface area contributed by atoms with Gasteiger partial charge in [0, 0.05) is 12.6 Å². The van der Waals surface area contributed by atoms with Crippen LogP contribution in [-0.4, -0.2) is 29.7 Å². The standard InChI is InChI=1S/C10H22N2O2/c1-3-4-5-6-8(2)12-7-9(11)10(13)14/h8-9,12H,3-7,11H2,1-2H3,(H,13,14). The van der Waals surface area contributed by atoms with Crippen LogP contribution in [0.2, 0.25) is 0 Å². The Morgan fingerprint density at radius 3 is 2.64 bits per heavy atom. The lowest BCUT2D eigenvalue weighted by atomic mass is 10.1. The molecule has 0 aliphatic rings. The van der Waals surface area contributed by atoms with Crippen LogP contribution in [0, 0.1) is 0 Å². The molecule has 0 aromatic rings. The highest BCUT2D eigenvalue weighted by atomic mass is 16.4. The largest absolute Gasteiger partial charge is 0.480 e. The fourth-order valence-corrected chi connectivity index (χ4v) is 1.22. The number of nitrogens with one attached hydrogen (secondary N) is 1. The maximum absolute atomic E-state index is 10.4. The maximum Gasteiger partial charge on any atom is 0.321 e. The van der Waals surface area contributed by atoms with Crippen LogP contribution in [0.1, 0.15) is 39.5 Å². The molecule has 14 heavy (non-hydrogen) atoms. The van der Waals surface area contributed by atoms with Crippen LogP contribution in [0.25, 0.3) is 0 Å². The molecular formula is C10H22N2O2. The van der Waals surface area contributed by atoms with Crippen molar-refractivity contribution < 1.29 is 9.90 Å². The summed E-state index contributed by atoms with van der Waals surface area (Å²) >= 11 is 0. The number of hydrogen-bond acceptors (Lipinski definition) is 3. The van der Waals surface area contributed by atoms with Gasteiger partial charge >= 0.3 is 5.97 Å². The third-order valence-corrected chi connectivity index (χ3v) is 2.24. The zero-order valence-electron chi connectivity index (χ0n) is 9.12. The molecule has 2 atom stereocenters. The monoisotopic (exact) mass is 202 g/mol. The average Bonchev–Trinajstić information content (AvgIpc) is 2.14. The molecule has 0 saturated heterocycles. The Bertz CT molecular complexity index is 162. The molecule has 4 nitrogen and oxygen atoms in total. The third kappa shape index (κ3) is 6.86. The van der Waals surface area contributed by atoms with Crippen molar-refractivity contribution in [2.75, 3.05) is 6.54 Å². The first-order valence-electron chi connectivity index (χ1n) is 5.29. The minimum Gasteiger partial charge on any atom is -0.480 e. The minimum absolute atomic E-state index is 0.350. The van der Waals surface area contributed by atoms with E-state index in [1.54, 1.807) is 0 Å². The molecule has 0 aromatic carbocycles.